The highest BCUT2D eigenvalue weighted by Crippen LogP contribution is 2.36. The third kappa shape index (κ3) is 4.29. The minimum Gasteiger partial charge on any atom is -0.495 e. The van der Waals surface area contributed by atoms with Crippen LogP contribution in [0.1, 0.15) is 23.2 Å². The molecule has 1 N–H and O–H groups in total. The first kappa shape index (κ1) is 19.3. The molecular weight excluding hydrogens is 386 g/mol. The lowest BCUT2D eigenvalue weighted by molar-refractivity contribution is -0.113. The van der Waals surface area contributed by atoms with Gasteiger partial charge in [-0.1, -0.05) is 23.4 Å². The highest BCUT2D eigenvalue weighted by molar-refractivity contribution is 8.00. The van der Waals surface area contributed by atoms with Crippen LogP contribution in [0.25, 0.3) is 0 Å². The van der Waals surface area contributed by atoms with E-state index in [0.717, 1.165) is 30.5 Å². The molecular formula is C19H18ClN3O3S. The fourth-order valence-corrected chi connectivity index (χ4v) is 3.94. The van der Waals surface area contributed by atoms with Crippen molar-refractivity contribution in [3.05, 3.63) is 40.0 Å². The van der Waals surface area contributed by atoms with Crippen molar-refractivity contribution < 1.29 is 14.3 Å². The summed E-state index contributed by atoms with van der Waals surface area (Å²) in [4.78, 5) is 17.0. The number of hydrogen-bond donors (Lipinski definition) is 1. The number of benzene rings is 1. The first-order valence-electron chi connectivity index (χ1n) is 8.32. The number of pyridine rings is 1. The summed E-state index contributed by atoms with van der Waals surface area (Å²) in [6, 6.07) is 7.25. The minimum atomic E-state index is -0.245. The van der Waals surface area contributed by atoms with Gasteiger partial charge in [-0.15, -0.1) is 0 Å². The molecule has 0 radical (unpaired) electrons. The molecule has 8 heteroatoms. The zero-order valence-electron chi connectivity index (χ0n) is 15.0. The zero-order valence-corrected chi connectivity index (χ0v) is 16.5. The number of fused-ring (bicyclic) bond motifs is 1. The Balaban J connectivity index is 1.71. The van der Waals surface area contributed by atoms with Gasteiger partial charge in [0, 0.05) is 11.8 Å². The van der Waals surface area contributed by atoms with E-state index >= 15 is 0 Å². The Bertz CT molecular complexity index is 927. The Morgan fingerprint density at radius 1 is 1.30 bits per heavy atom. The lowest BCUT2D eigenvalue weighted by Gasteiger charge is -2.13. The summed E-state index contributed by atoms with van der Waals surface area (Å²) in [7, 11) is 3.01. The third-order valence-electron chi connectivity index (χ3n) is 4.22. The quantitative estimate of drug-likeness (QED) is 0.737. The average Bonchev–Trinajstić information content (AvgIpc) is 3.13. The molecule has 1 aromatic carbocycles. The molecule has 0 bridgehead atoms. The summed E-state index contributed by atoms with van der Waals surface area (Å²) < 4.78 is 10.4. The van der Waals surface area contributed by atoms with Crippen molar-refractivity contribution in [1.82, 2.24) is 4.98 Å². The molecule has 0 aliphatic heterocycles. The van der Waals surface area contributed by atoms with Gasteiger partial charge < -0.3 is 14.8 Å². The molecule has 2 aromatic rings. The van der Waals surface area contributed by atoms with E-state index in [9.17, 15) is 10.1 Å². The highest BCUT2D eigenvalue weighted by atomic mass is 35.5. The lowest BCUT2D eigenvalue weighted by atomic mass is 10.2. The van der Waals surface area contributed by atoms with E-state index in [1.807, 2.05) is 6.07 Å². The van der Waals surface area contributed by atoms with Crippen molar-refractivity contribution in [3.8, 4) is 17.6 Å². The number of thioether (sulfide) groups is 1. The summed E-state index contributed by atoms with van der Waals surface area (Å²) in [5.74, 6) is 0.781. The van der Waals surface area contributed by atoms with Crippen molar-refractivity contribution in [2.45, 2.75) is 24.3 Å². The van der Waals surface area contributed by atoms with Crippen LogP contribution < -0.4 is 14.8 Å². The molecule has 0 fully saturated rings. The van der Waals surface area contributed by atoms with Crippen LogP contribution in [-0.2, 0) is 17.6 Å². The summed E-state index contributed by atoms with van der Waals surface area (Å²) in [6.45, 7) is 0. The van der Waals surface area contributed by atoms with Gasteiger partial charge in [0.15, 0.2) is 0 Å². The number of nitrogens with one attached hydrogen (secondary N) is 1. The van der Waals surface area contributed by atoms with Gasteiger partial charge in [-0.05, 0) is 37.0 Å². The number of ether oxygens (including phenoxy) is 2. The maximum atomic E-state index is 12.4. The van der Waals surface area contributed by atoms with Crippen molar-refractivity contribution in [3.63, 3.8) is 0 Å². The van der Waals surface area contributed by atoms with E-state index in [1.54, 1.807) is 12.1 Å². The number of carbonyl (C=O) groups is 1. The van der Waals surface area contributed by atoms with E-state index in [-0.39, 0.29) is 11.7 Å². The number of rotatable bonds is 6. The van der Waals surface area contributed by atoms with Crippen LogP contribution in [0, 0.1) is 11.3 Å². The van der Waals surface area contributed by atoms with Gasteiger partial charge in [0.2, 0.25) is 5.91 Å². The average molecular weight is 404 g/mol. The molecule has 1 amide bonds. The van der Waals surface area contributed by atoms with Crippen molar-refractivity contribution in [1.29, 1.82) is 5.26 Å². The monoisotopic (exact) mass is 403 g/mol. The Kier molecular flexibility index (Phi) is 6.09. The number of nitriles is 1. The van der Waals surface area contributed by atoms with Gasteiger partial charge in [0.05, 0.1) is 36.2 Å². The molecule has 0 saturated heterocycles. The van der Waals surface area contributed by atoms with Crippen LogP contribution >= 0.6 is 23.4 Å². The molecule has 140 valence electrons. The number of anilines is 1. The van der Waals surface area contributed by atoms with E-state index in [2.05, 4.69) is 16.4 Å². The molecule has 1 aromatic heterocycles. The molecule has 0 saturated carbocycles. The van der Waals surface area contributed by atoms with Crippen molar-refractivity contribution in [2.24, 2.45) is 0 Å². The number of hydrogen-bond acceptors (Lipinski definition) is 6. The largest absolute Gasteiger partial charge is 0.495 e. The van der Waals surface area contributed by atoms with Gasteiger partial charge in [-0.3, -0.25) is 4.79 Å². The summed E-state index contributed by atoms with van der Waals surface area (Å²) >= 11 is 7.37. The number of carbonyl (C=O) groups excluding carboxylic acids is 1. The molecule has 0 atom stereocenters. The molecule has 6 nitrogen and oxygen atoms in total. The number of aryl methyl sites for hydroxylation is 2. The van der Waals surface area contributed by atoms with Crippen LogP contribution in [0.3, 0.4) is 0 Å². The summed E-state index contributed by atoms with van der Waals surface area (Å²) in [5.41, 5.74) is 3.13. The summed E-state index contributed by atoms with van der Waals surface area (Å²) in [6.07, 6.45) is 2.93. The SMILES string of the molecule is COc1cc(OC)c(NC(=O)CSc2nc3c(cc2C#N)CCC3)cc1Cl. The van der Waals surface area contributed by atoms with Gasteiger partial charge in [-0.2, -0.15) is 5.26 Å². The minimum absolute atomic E-state index is 0.118. The normalized spacial score (nSPS) is 12.2. The predicted molar refractivity (Wildman–Crippen MR) is 105 cm³/mol. The van der Waals surface area contributed by atoms with Gasteiger partial charge in [0.1, 0.15) is 22.6 Å². The molecule has 27 heavy (non-hydrogen) atoms. The maximum Gasteiger partial charge on any atom is 0.234 e. The Labute approximate surface area is 166 Å². The fourth-order valence-electron chi connectivity index (χ4n) is 2.92. The van der Waals surface area contributed by atoms with Gasteiger partial charge in [0.25, 0.3) is 0 Å². The topological polar surface area (TPSA) is 84.2 Å². The number of methoxy groups -OCH3 is 2. The number of halogens is 1. The van der Waals surface area contributed by atoms with Crippen LogP contribution in [0.4, 0.5) is 5.69 Å². The van der Waals surface area contributed by atoms with E-state index < -0.39 is 0 Å². The number of aromatic nitrogens is 1. The van der Waals surface area contributed by atoms with Crippen molar-refractivity contribution >= 4 is 35.0 Å². The van der Waals surface area contributed by atoms with Crippen LogP contribution in [0.2, 0.25) is 5.02 Å². The second-order valence-electron chi connectivity index (χ2n) is 5.94. The third-order valence-corrected chi connectivity index (χ3v) is 5.51. The van der Waals surface area contributed by atoms with Crippen molar-refractivity contribution in [2.75, 3.05) is 25.3 Å². The van der Waals surface area contributed by atoms with Crippen LogP contribution in [0.15, 0.2) is 23.2 Å². The smallest absolute Gasteiger partial charge is 0.234 e. The van der Waals surface area contributed by atoms with Gasteiger partial charge >= 0.3 is 0 Å². The molecule has 3 rings (SSSR count). The highest BCUT2D eigenvalue weighted by Gasteiger charge is 2.18. The maximum absolute atomic E-state index is 12.4. The number of amides is 1. The first-order chi connectivity index (χ1) is 13.0. The lowest BCUT2D eigenvalue weighted by Crippen LogP contribution is -2.15. The standard InChI is InChI=1S/C19H18ClN3O3S/c1-25-16-8-17(26-2)15(7-13(16)20)22-18(24)10-27-19-12(9-21)6-11-4-3-5-14(11)23-19/h6-8H,3-5,10H2,1-2H3,(H,22,24). The molecule has 1 aliphatic carbocycles. The molecule has 0 spiro atoms. The Hall–Kier alpha value is -2.43. The second kappa shape index (κ2) is 8.51. The second-order valence-corrected chi connectivity index (χ2v) is 7.31. The Morgan fingerprint density at radius 2 is 2.07 bits per heavy atom. The zero-order chi connectivity index (χ0) is 19.4. The van der Waals surface area contributed by atoms with Crippen LogP contribution in [-0.4, -0.2) is 30.9 Å². The summed E-state index contributed by atoms with van der Waals surface area (Å²) in [5, 5.41) is 13.1. The van der Waals surface area contributed by atoms with E-state index in [0.29, 0.717) is 32.8 Å². The fraction of sp³-hybridized carbons (Fsp3) is 0.316. The van der Waals surface area contributed by atoms with Crippen LogP contribution in [0.5, 0.6) is 11.5 Å². The Morgan fingerprint density at radius 3 is 2.78 bits per heavy atom. The van der Waals surface area contributed by atoms with E-state index in [4.69, 9.17) is 21.1 Å². The van der Waals surface area contributed by atoms with E-state index in [1.165, 1.54) is 26.0 Å². The predicted octanol–water partition coefficient (Wildman–Crippen LogP) is 3.84. The molecule has 0 unspecified atom stereocenters. The number of nitrogens with zero attached hydrogens (tertiary/aromatic N) is 2. The molecule has 1 heterocycles. The molecule has 1 aliphatic rings. The first-order valence-corrected chi connectivity index (χ1v) is 9.69. The van der Waals surface area contributed by atoms with Gasteiger partial charge in [-0.25, -0.2) is 4.98 Å².